The molecule has 0 amide bonds. The topological polar surface area (TPSA) is 35.2 Å². The van der Waals surface area contributed by atoms with Crippen LogP contribution < -0.4 is 10.5 Å². The Balaban J connectivity index is 1.92. The number of rotatable bonds is 4. The van der Waals surface area contributed by atoms with Gasteiger partial charge in [0.05, 0.1) is 6.61 Å². The van der Waals surface area contributed by atoms with Crippen LogP contribution in [0.15, 0.2) is 42.5 Å². The second-order valence-electron chi connectivity index (χ2n) is 4.21. The summed E-state index contributed by atoms with van der Waals surface area (Å²) in [6.45, 7) is 2.25. The lowest BCUT2D eigenvalue weighted by atomic mass is 10.1. The summed E-state index contributed by atoms with van der Waals surface area (Å²) in [6.07, 6.45) is 0.739. The van der Waals surface area contributed by atoms with Crippen molar-refractivity contribution in [3.8, 4) is 5.75 Å². The van der Waals surface area contributed by atoms with E-state index in [0.717, 1.165) is 17.7 Å². The highest BCUT2D eigenvalue weighted by atomic mass is 19.1. The number of halogens is 1. The molecule has 18 heavy (non-hydrogen) atoms. The second-order valence-corrected chi connectivity index (χ2v) is 4.21. The molecule has 0 saturated heterocycles. The molecular formula is C15H16FNO. The Morgan fingerprint density at radius 1 is 1.17 bits per heavy atom. The normalized spacial score (nSPS) is 10.3. The number of nitrogen functional groups attached to an aromatic ring is 1. The van der Waals surface area contributed by atoms with Gasteiger partial charge in [0, 0.05) is 12.1 Å². The third-order valence-corrected chi connectivity index (χ3v) is 2.82. The van der Waals surface area contributed by atoms with Crippen LogP contribution in [0.4, 0.5) is 10.1 Å². The fraction of sp³-hybridized carbons (Fsp3) is 0.200. The fourth-order valence-electron chi connectivity index (χ4n) is 1.75. The van der Waals surface area contributed by atoms with E-state index in [2.05, 4.69) is 0 Å². The van der Waals surface area contributed by atoms with Crippen LogP contribution in [0.3, 0.4) is 0 Å². The lowest BCUT2D eigenvalue weighted by Crippen LogP contribution is -2.04. The zero-order valence-electron chi connectivity index (χ0n) is 10.3. The molecule has 2 nitrogen and oxygen atoms in total. The molecule has 3 heteroatoms. The van der Waals surface area contributed by atoms with Gasteiger partial charge in [-0.15, -0.1) is 0 Å². The number of nitrogens with two attached hydrogens (primary N) is 1. The van der Waals surface area contributed by atoms with Gasteiger partial charge in [0.1, 0.15) is 11.6 Å². The van der Waals surface area contributed by atoms with Crippen LogP contribution in [0.5, 0.6) is 5.75 Å². The van der Waals surface area contributed by atoms with Gasteiger partial charge in [0.15, 0.2) is 0 Å². The Labute approximate surface area is 106 Å². The molecule has 0 aliphatic heterocycles. The van der Waals surface area contributed by atoms with Crippen LogP contribution in [0.25, 0.3) is 0 Å². The number of aryl methyl sites for hydroxylation is 1. The number of benzene rings is 2. The summed E-state index contributed by atoms with van der Waals surface area (Å²) in [7, 11) is 0. The second kappa shape index (κ2) is 5.54. The molecule has 2 aromatic rings. The van der Waals surface area contributed by atoms with Crippen molar-refractivity contribution in [3.63, 3.8) is 0 Å². The van der Waals surface area contributed by atoms with Gasteiger partial charge in [-0.3, -0.25) is 0 Å². The molecule has 0 unspecified atom stereocenters. The highest BCUT2D eigenvalue weighted by Crippen LogP contribution is 2.17. The summed E-state index contributed by atoms with van der Waals surface area (Å²) in [5.74, 6) is 0.470. The minimum atomic E-state index is -0.213. The number of anilines is 1. The number of ether oxygens (including phenoxy) is 1. The predicted molar refractivity (Wildman–Crippen MR) is 71.2 cm³/mol. The first kappa shape index (κ1) is 12.4. The minimum absolute atomic E-state index is 0.213. The van der Waals surface area contributed by atoms with E-state index < -0.39 is 0 Å². The molecule has 0 fully saturated rings. The number of hydrogen-bond donors (Lipinski definition) is 1. The van der Waals surface area contributed by atoms with Gasteiger partial charge in [0.25, 0.3) is 0 Å². The van der Waals surface area contributed by atoms with Crippen molar-refractivity contribution < 1.29 is 9.13 Å². The average molecular weight is 245 g/mol. The molecular weight excluding hydrogens is 229 g/mol. The highest BCUT2D eigenvalue weighted by Gasteiger charge is 2.01. The molecule has 94 valence electrons. The van der Waals surface area contributed by atoms with Crippen LogP contribution in [-0.4, -0.2) is 6.61 Å². The van der Waals surface area contributed by atoms with Gasteiger partial charge in [-0.2, -0.15) is 0 Å². The molecule has 0 aliphatic rings. The fourth-order valence-corrected chi connectivity index (χ4v) is 1.75. The largest absolute Gasteiger partial charge is 0.493 e. The predicted octanol–water partition coefficient (Wildman–Crippen LogP) is 3.34. The first-order chi connectivity index (χ1) is 8.66. The Hall–Kier alpha value is -2.03. The maximum atomic E-state index is 13.1. The summed E-state index contributed by atoms with van der Waals surface area (Å²) in [6, 6.07) is 12.5. The minimum Gasteiger partial charge on any atom is -0.493 e. The summed E-state index contributed by atoms with van der Waals surface area (Å²) in [5, 5.41) is 0. The van der Waals surface area contributed by atoms with Crippen LogP contribution in [0, 0.1) is 12.7 Å². The van der Waals surface area contributed by atoms with E-state index in [1.165, 1.54) is 6.07 Å². The van der Waals surface area contributed by atoms with Crippen molar-refractivity contribution >= 4 is 5.69 Å². The van der Waals surface area contributed by atoms with Crippen LogP contribution >= 0.6 is 0 Å². The highest BCUT2D eigenvalue weighted by molar-refractivity contribution is 5.46. The molecule has 2 aromatic carbocycles. The van der Waals surface area contributed by atoms with E-state index in [9.17, 15) is 4.39 Å². The van der Waals surface area contributed by atoms with E-state index in [-0.39, 0.29) is 5.82 Å². The third-order valence-electron chi connectivity index (χ3n) is 2.82. The quantitative estimate of drug-likeness (QED) is 0.838. The van der Waals surface area contributed by atoms with E-state index in [1.54, 1.807) is 19.1 Å². The van der Waals surface area contributed by atoms with E-state index in [4.69, 9.17) is 10.5 Å². The SMILES string of the molecule is Cc1cc(OCCc2ccccc2N)ccc1F. The van der Waals surface area contributed by atoms with Crippen molar-refractivity contribution in [1.29, 1.82) is 0 Å². The third kappa shape index (κ3) is 3.00. The molecule has 0 atom stereocenters. The van der Waals surface area contributed by atoms with Crippen molar-refractivity contribution in [3.05, 3.63) is 59.4 Å². The molecule has 0 aromatic heterocycles. The zero-order chi connectivity index (χ0) is 13.0. The maximum Gasteiger partial charge on any atom is 0.126 e. The molecule has 0 saturated carbocycles. The van der Waals surface area contributed by atoms with Crippen molar-refractivity contribution in [2.45, 2.75) is 13.3 Å². The lowest BCUT2D eigenvalue weighted by molar-refractivity contribution is 0.321. The number of para-hydroxylation sites is 1. The van der Waals surface area contributed by atoms with E-state index in [1.807, 2.05) is 24.3 Å². The monoisotopic (exact) mass is 245 g/mol. The van der Waals surface area contributed by atoms with Gasteiger partial charge >= 0.3 is 0 Å². The lowest BCUT2D eigenvalue weighted by Gasteiger charge is -2.08. The van der Waals surface area contributed by atoms with Crippen LogP contribution in [-0.2, 0) is 6.42 Å². The van der Waals surface area contributed by atoms with E-state index >= 15 is 0 Å². The number of hydrogen-bond acceptors (Lipinski definition) is 2. The molecule has 0 spiro atoms. The van der Waals surface area contributed by atoms with Gasteiger partial charge < -0.3 is 10.5 Å². The summed E-state index contributed by atoms with van der Waals surface area (Å²) < 4.78 is 18.6. The maximum absolute atomic E-state index is 13.1. The molecule has 0 radical (unpaired) electrons. The Morgan fingerprint density at radius 3 is 2.67 bits per heavy atom. The Kier molecular flexibility index (Phi) is 3.82. The summed E-state index contributed by atoms with van der Waals surface area (Å²) >= 11 is 0. The summed E-state index contributed by atoms with van der Waals surface area (Å²) in [4.78, 5) is 0. The average Bonchev–Trinajstić information content (AvgIpc) is 2.36. The van der Waals surface area contributed by atoms with Crippen molar-refractivity contribution in [2.75, 3.05) is 12.3 Å². The Bertz CT molecular complexity index is 540. The zero-order valence-corrected chi connectivity index (χ0v) is 10.3. The first-order valence-corrected chi connectivity index (χ1v) is 5.89. The van der Waals surface area contributed by atoms with Gasteiger partial charge in [-0.1, -0.05) is 18.2 Å². The molecule has 0 heterocycles. The van der Waals surface area contributed by atoms with Crippen molar-refractivity contribution in [1.82, 2.24) is 0 Å². The van der Waals surface area contributed by atoms with Crippen LogP contribution in [0.1, 0.15) is 11.1 Å². The molecule has 2 rings (SSSR count). The van der Waals surface area contributed by atoms with E-state index in [0.29, 0.717) is 17.9 Å². The first-order valence-electron chi connectivity index (χ1n) is 5.89. The molecule has 0 bridgehead atoms. The summed E-state index contributed by atoms with van der Waals surface area (Å²) in [5.41, 5.74) is 8.27. The Morgan fingerprint density at radius 2 is 1.94 bits per heavy atom. The molecule has 2 N–H and O–H groups in total. The standard InChI is InChI=1S/C15H16FNO/c1-11-10-13(6-7-14(11)16)18-9-8-12-4-2-3-5-15(12)17/h2-7,10H,8-9,17H2,1H3. The molecule has 0 aliphatic carbocycles. The van der Waals surface area contributed by atoms with Gasteiger partial charge in [-0.05, 0) is 42.3 Å². The van der Waals surface area contributed by atoms with Crippen LogP contribution in [0.2, 0.25) is 0 Å². The smallest absolute Gasteiger partial charge is 0.126 e. The van der Waals surface area contributed by atoms with Gasteiger partial charge in [0.2, 0.25) is 0 Å². The van der Waals surface area contributed by atoms with Crippen molar-refractivity contribution in [2.24, 2.45) is 0 Å². The van der Waals surface area contributed by atoms with Gasteiger partial charge in [-0.25, -0.2) is 4.39 Å².